The number of hydrogen-bond acceptors (Lipinski definition) is 3. The molecule has 1 aromatic rings. The molecule has 110 valence electrons. The van der Waals surface area contributed by atoms with E-state index in [1.54, 1.807) is 0 Å². The van der Waals surface area contributed by atoms with Gasteiger partial charge < -0.3 is 20.1 Å². The molecule has 1 aromatic carbocycles. The predicted molar refractivity (Wildman–Crippen MR) is 85.2 cm³/mol. The quantitative estimate of drug-likeness (QED) is 0.835. The molecular formula is C15H22N2O2S. The van der Waals surface area contributed by atoms with Gasteiger partial charge in [0.1, 0.15) is 5.75 Å². The van der Waals surface area contributed by atoms with Crippen LogP contribution in [0.25, 0.3) is 0 Å². The Labute approximate surface area is 125 Å². The molecule has 1 saturated heterocycles. The summed E-state index contributed by atoms with van der Waals surface area (Å²) in [5.41, 5.74) is 0.963. The van der Waals surface area contributed by atoms with Crippen LogP contribution in [0.15, 0.2) is 24.3 Å². The van der Waals surface area contributed by atoms with Gasteiger partial charge in [0.15, 0.2) is 5.11 Å². The molecule has 2 rings (SSSR count). The Morgan fingerprint density at radius 2 is 2.20 bits per heavy atom. The zero-order valence-electron chi connectivity index (χ0n) is 11.8. The van der Waals surface area contributed by atoms with E-state index in [2.05, 4.69) is 10.2 Å². The summed E-state index contributed by atoms with van der Waals surface area (Å²) in [6.07, 6.45) is 2.16. The number of ether oxygens (including phenoxy) is 1. The third-order valence-electron chi connectivity index (χ3n) is 3.48. The molecule has 0 aromatic heterocycles. The van der Waals surface area contributed by atoms with Crippen molar-refractivity contribution in [3.8, 4) is 5.75 Å². The molecule has 2 N–H and O–H groups in total. The first-order chi connectivity index (χ1) is 9.72. The Morgan fingerprint density at radius 3 is 2.85 bits per heavy atom. The molecule has 0 aliphatic carbocycles. The number of thiocarbonyl (C=S) groups is 1. The largest absolute Gasteiger partial charge is 0.494 e. The summed E-state index contributed by atoms with van der Waals surface area (Å²) in [5, 5.41) is 13.2. The van der Waals surface area contributed by atoms with E-state index >= 15 is 0 Å². The molecule has 20 heavy (non-hydrogen) atoms. The molecule has 1 atom stereocenters. The first-order valence-electron chi connectivity index (χ1n) is 7.12. The van der Waals surface area contributed by atoms with Gasteiger partial charge in [-0.25, -0.2) is 0 Å². The highest BCUT2D eigenvalue weighted by molar-refractivity contribution is 7.80. The van der Waals surface area contributed by atoms with E-state index in [1.165, 1.54) is 0 Å². The van der Waals surface area contributed by atoms with Crippen molar-refractivity contribution in [2.75, 3.05) is 31.6 Å². The number of anilines is 1. The number of likely N-dealkylation sites (tertiary alicyclic amines) is 1. The van der Waals surface area contributed by atoms with Gasteiger partial charge in [0.25, 0.3) is 0 Å². The van der Waals surface area contributed by atoms with E-state index in [4.69, 9.17) is 17.0 Å². The van der Waals surface area contributed by atoms with Gasteiger partial charge in [0.05, 0.1) is 6.61 Å². The summed E-state index contributed by atoms with van der Waals surface area (Å²) in [6, 6.07) is 7.79. The molecule has 0 radical (unpaired) electrons. The van der Waals surface area contributed by atoms with Crippen LogP contribution in [-0.4, -0.2) is 41.4 Å². The lowest BCUT2D eigenvalue weighted by atomic mass is 9.99. The highest BCUT2D eigenvalue weighted by Crippen LogP contribution is 2.19. The van der Waals surface area contributed by atoms with Gasteiger partial charge in [-0.1, -0.05) is 0 Å². The maximum Gasteiger partial charge on any atom is 0.173 e. The van der Waals surface area contributed by atoms with Crippen LogP contribution in [0.2, 0.25) is 0 Å². The van der Waals surface area contributed by atoms with Crippen LogP contribution >= 0.6 is 12.2 Å². The summed E-state index contributed by atoms with van der Waals surface area (Å²) < 4.78 is 5.41. The minimum Gasteiger partial charge on any atom is -0.494 e. The number of nitrogens with zero attached hydrogens (tertiary/aromatic N) is 1. The van der Waals surface area contributed by atoms with Gasteiger partial charge in [-0.15, -0.1) is 0 Å². The Bertz CT molecular complexity index is 436. The molecule has 0 spiro atoms. The molecular weight excluding hydrogens is 272 g/mol. The average Bonchev–Trinajstić information content (AvgIpc) is 2.49. The van der Waals surface area contributed by atoms with Crippen molar-refractivity contribution in [1.29, 1.82) is 0 Å². The number of aliphatic hydroxyl groups is 1. The summed E-state index contributed by atoms with van der Waals surface area (Å²) in [5.74, 6) is 1.20. The maximum absolute atomic E-state index is 9.26. The fourth-order valence-corrected chi connectivity index (χ4v) is 2.69. The molecule has 0 amide bonds. The van der Waals surface area contributed by atoms with Gasteiger partial charge in [0.2, 0.25) is 0 Å². The summed E-state index contributed by atoms with van der Waals surface area (Å²) in [7, 11) is 0. The predicted octanol–water partition coefficient (Wildman–Crippen LogP) is 2.49. The van der Waals surface area contributed by atoms with Crippen molar-refractivity contribution < 1.29 is 9.84 Å². The standard InChI is InChI=1S/C15H22N2O2S/c1-2-19-14-7-5-13(6-8-14)16-15(20)17-9-3-4-12(10-17)11-18/h5-8,12,18H,2-4,9-11H2,1H3,(H,16,20). The molecule has 5 heteroatoms. The molecule has 1 heterocycles. The topological polar surface area (TPSA) is 44.7 Å². The van der Waals surface area contributed by atoms with Gasteiger partial charge >= 0.3 is 0 Å². The van der Waals surface area contributed by atoms with Crippen LogP contribution in [0.1, 0.15) is 19.8 Å². The van der Waals surface area contributed by atoms with Crippen molar-refractivity contribution in [2.24, 2.45) is 5.92 Å². The smallest absolute Gasteiger partial charge is 0.173 e. The SMILES string of the molecule is CCOc1ccc(NC(=S)N2CCCC(CO)C2)cc1. The minimum absolute atomic E-state index is 0.238. The van der Waals surface area contributed by atoms with Crippen molar-refractivity contribution >= 4 is 23.0 Å². The number of benzene rings is 1. The lowest BCUT2D eigenvalue weighted by molar-refractivity contribution is 0.162. The molecule has 1 fully saturated rings. The van der Waals surface area contributed by atoms with E-state index in [9.17, 15) is 5.11 Å². The van der Waals surface area contributed by atoms with E-state index < -0.39 is 0 Å². The van der Waals surface area contributed by atoms with Crippen LogP contribution in [-0.2, 0) is 0 Å². The van der Waals surface area contributed by atoms with Crippen LogP contribution in [0, 0.1) is 5.92 Å². The zero-order valence-corrected chi connectivity index (χ0v) is 12.7. The van der Waals surface area contributed by atoms with Crippen LogP contribution in [0.5, 0.6) is 5.75 Å². The Kier molecular flexibility index (Phi) is 5.61. The summed E-state index contributed by atoms with van der Waals surface area (Å²) in [6.45, 7) is 4.66. The number of hydrogen-bond donors (Lipinski definition) is 2. The third-order valence-corrected chi connectivity index (χ3v) is 3.84. The zero-order chi connectivity index (χ0) is 14.4. The molecule has 0 bridgehead atoms. The van der Waals surface area contributed by atoms with Gasteiger partial charge in [-0.2, -0.15) is 0 Å². The lowest BCUT2D eigenvalue weighted by Crippen LogP contribution is -2.43. The number of rotatable bonds is 4. The molecule has 1 unspecified atom stereocenters. The highest BCUT2D eigenvalue weighted by Gasteiger charge is 2.20. The first kappa shape index (κ1) is 15.1. The number of aliphatic hydroxyl groups excluding tert-OH is 1. The highest BCUT2D eigenvalue weighted by atomic mass is 32.1. The Balaban J connectivity index is 1.90. The first-order valence-corrected chi connectivity index (χ1v) is 7.53. The van der Waals surface area contributed by atoms with Gasteiger partial charge in [0, 0.05) is 25.4 Å². The molecule has 0 saturated carbocycles. The monoisotopic (exact) mass is 294 g/mol. The van der Waals surface area contributed by atoms with Crippen LogP contribution in [0.3, 0.4) is 0 Å². The maximum atomic E-state index is 9.26. The van der Waals surface area contributed by atoms with Gasteiger partial charge in [-0.3, -0.25) is 0 Å². The van der Waals surface area contributed by atoms with E-state index in [-0.39, 0.29) is 6.61 Å². The van der Waals surface area contributed by atoms with Crippen molar-refractivity contribution in [1.82, 2.24) is 4.90 Å². The summed E-state index contributed by atoms with van der Waals surface area (Å²) in [4.78, 5) is 2.14. The second-order valence-electron chi connectivity index (χ2n) is 5.02. The Hall–Kier alpha value is -1.33. The van der Waals surface area contributed by atoms with E-state index in [0.29, 0.717) is 12.5 Å². The van der Waals surface area contributed by atoms with Crippen LogP contribution in [0.4, 0.5) is 5.69 Å². The van der Waals surface area contributed by atoms with Crippen molar-refractivity contribution in [3.63, 3.8) is 0 Å². The molecule has 1 aliphatic rings. The fraction of sp³-hybridized carbons (Fsp3) is 0.533. The molecule has 1 aliphatic heterocycles. The minimum atomic E-state index is 0.238. The third kappa shape index (κ3) is 4.08. The normalized spacial score (nSPS) is 18.7. The number of nitrogens with one attached hydrogen (secondary N) is 1. The Morgan fingerprint density at radius 1 is 1.45 bits per heavy atom. The second-order valence-corrected chi connectivity index (χ2v) is 5.41. The van der Waals surface area contributed by atoms with E-state index in [1.807, 2.05) is 31.2 Å². The molecule has 4 nitrogen and oxygen atoms in total. The fourth-order valence-electron chi connectivity index (χ4n) is 2.40. The van der Waals surface area contributed by atoms with Crippen LogP contribution < -0.4 is 10.1 Å². The van der Waals surface area contributed by atoms with Gasteiger partial charge in [-0.05, 0) is 62.2 Å². The second kappa shape index (κ2) is 7.45. The average molecular weight is 294 g/mol. The lowest BCUT2D eigenvalue weighted by Gasteiger charge is -2.33. The van der Waals surface area contributed by atoms with Crippen molar-refractivity contribution in [2.45, 2.75) is 19.8 Å². The number of piperidine rings is 1. The van der Waals surface area contributed by atoms with Crippen molar-refractivity contribution in [3.05, 3.63) is 24.3 Å². The van der Waals surface area contributed by atoms with E-state index in [0.717, 1.165) is 42.5 Å². The summed E-state index contributed by atoms with van der Waals surface area (Å²) >= 11 is 5.44.